The Balaban J connectivity index is 2.52. The lowest BCUT2D eigenvalue weighted by Crippen LogP contribution is -2.33. The molecule has 1 aliphatic rings. The lowest BCUT2D eigenvalue weighted by Gasteiger charge is -2.28. The van der Waals surface area contributed by atoms with Crippen LogP contribution in [0.1, 0.15) is 29.5 Å². The molecule has 1 N–H and O–H groups in total. The first-order valence-electron chi connectivity index (χ1n) is 6.23. The fourth-order valence-corrected chi connectivity index (χ4v) is 2.85. The van der Waals surface area contributed by atoms with Gasteiger partial charge in [-0.3, -0.25) is 4.68 Å². The number of rotatable bonds is 3. The van der Waals surface area contributed by atoms with Crippen molar-refractivity contribution in [1.82, 2.24) is 9.78 Å². The Hall–Kier alpha value is -1.23. The third-order valence-electron chi connectivity index (χ3n) is 3.41. The maximum Gasteiger partial charge on any atom is 0.435 e. The molecule has 1 atom stereocenters. The molecule has 1 heterocycles. The summed E-state index contributed by atoms with van der Waals surface area (Å²) in [7, 11) is -3.46. The SMILES string of the molecule is CS(=O)(=O)CCn1nc(C(F)(F)F)c2c1CCC(F)(F)[C@H]2O. The van der Waals surface area contributed by atoms with Gasteiger partial charge in [-0.25, -0.2) is 17.2 Å². The molecular formula is C11H13F5N2O3S. The van der Waals surface area contributed by atoms with Crippen LogP contribution < -0.4 is 0 Å². The van der Waals surface area contributed by atoms with E-state index in [4.69, 9.17) is 0 Å². The highest BCUT2D eigenvalue weighted by Gasteiger charge is 2.51. The molecule has 0 radical (unpaired) electrons. The van der Waals surface area contributed by atoms with Crippen molar-refractivity contribution in [3.63, 3.8) is 0 Å². The quantitative estimate of drug-likeness (QED) is 0.842. The van der Waals surface area contributed by atoms with E-state index in [0.29, 0.717) is 0 Å². The summed E-state index contributed by atoms with van der Waals surface area (Å²) in [5, 5.41) is 12.8. The van der Waals surface area contributed by atoms with E-state index >= 15 is 0 Å². The number of hydrogen-bond acceptors (Lipinski definition) is 4. The second-order valence-corrected chi connectivity index (χ2v) is 7.48. The van der Waals surface area contributed by atoms with Crippen LogP contribution in [0.15, 0.2) is 0 Å². The summed E-state index contributed by atoms with van der Waals surface area (Å²) in [6.45, 7) is -0.393. The Kier molecular flexibility index (Phi) is 4.01. The highest BCUT2D eigenvalue weighted by molar-refractivity contribution is 7.90. The van der Waals surface area contributed by atoms with Gasteiger partial charge in [-0.1, -0.05) is 0 Å². The van der Waals surface area contributed by atoms with E-state index < -0.39 is 64.4 Å². The van der Waals surface area contributed by atoms with Crippen molar-refractivity contribution in [3.05, 3.63) is 17.0 Å². The second kappa shape index (κ2) is 5.15. The van der Waals surface area contributed by atoms with Crippen molar-refractivity contribution in [3.8, 4) is 0 Å². The molecule has 1 aliphatic carbocycles. The summed E-state index contributed by atoms with van der Waals surface area (Å²) >= 11 is 0. The van der Waals surface area contributed by atoms with Crippen molar-refractivity contribution >= 4 is 9.84 Å². The van der Waals surface area contributed by atoms with Crippen molar-refractivity contribution in [2.24, 2.45) is 0 Å². The Labute approximate surface area is 122 Å². The maximum atomic E-state index is 13.5. The van der Waals surface area contributed by atoms with Crippen LogP contribution in [0, 0.1) is 0 Å². The molecule has 0 saturated heterocycles. The highest BCUT2D eigenvalue weighted by atomic mass is 32.2. The summed E-state index contributed by atoms with van der Waals surface area (Å²) < 4.78 is 88.7. The van der Waals surface area contributed by atoms with E-state index in [0.717, 1.165) is 10.9 Å². The zero-order chi connectivity index (χ0) is 16.9. The summed E-state index contributed by atoms with van der Waals surface area (Å²) in [5.41, 5.74) is -2.76. The van der Waals surface area contributed by atoms with Crippen molar-refractivity contribution < 1.29 is 35.5 Å². The zero-order valence-corrected chi connectivity index (χ0v) is 12.2. The van der Waals surface area contributed by atoms with Crippen LogP contribution in [0.4, 0.5) is 22.0 Å². The molecule has 1 aromatic heterocycles. The maximum absolute atomic E-state index is 13.5. The molecule has 0 bridgehead atoms. The summed E-state index contributed by atoms with van der Waals surface area (Å²) in [6, 6.07) is 0. The molecule has 11 heteroatoms. The van der Waals surface area contributed by atoms with Crippen molar-refractivity contribution in [1.29, 1.82) is 0 Å². The number of sulfone groups is 1. The van der Waals surface area contributed by atoms with E-state index in [1.807, 2.05) is 0 Å². The first kappa shape index (κ1) is 17.1. The van der Waals surface area contributed by atoms with E-state index in [-0.39, 0.29) is 5.69 Å². The van der Waals surface area contributed by atoms with Gasteiger partial charge in [-0.05, 0) is 6.42 Å². The first-order valence-corrected chi connectivity index (χ1v) is 8.29. The number of alkyl halides is 5. The largest absolute Gasteiger partial charge is 0.435 e. The lowest BCUT2D eigenvalue weighted by molar-refractivity contribution is -0.150. The molecule has 22 heavy (non-hydrogen) atoms. The van der Waals surface area contributed by atoms with Gasteiger partial charge in [0.1, 0.15) is 15.9 Å². The highest BCUT2D eigenvalue weighted by Crippen LogP contribution is 2.46. The molecular weight excluding hydrogens is 335 g/mol. The normalized spacial score (nSPS) is 21.7. The number of aromatic nitrogens is 2. The third kappa shape index (κ3) is 3.24. The topological polar surface area (TPSA) is 72.2 Å². The summed E-state index contributed by atoms with van der Waals surface area (Å²) in [4.78, 5) is 0. The molecule has 0 amide bonds. The molecule has 2 rings (SSSR count). The average molecular weight is 348 g/mol. The molecule has 0 saturated carbocycles. The van der Waals surface area contributed by atoms with E-state index in [1.54, 1.807) is 0 Å². The smallest absolute Gasteiger partial charge is 0.382 e. The van der Waals surface area contributed by atoms with Gasteiger partial charge in [-0.15, -0.1) is 0 Å². The van der Waals surface area contributed by atoms with Crippen molar-refractivity contribution in [2.75, 3.05) is 12.0 Å². The Morgan fingerprint density at radius 1 is 1.41 bits per heavy atom. The standard InChI is InChI=1S/C11H13F5N2O3S/c1-22(20,21)5-4-18-6-2-3-10(12,13)9(19)7(6)8(17-18)11(14,15)16/h9,19H,2-5H2,1H3/t9-/m0/s1. The van der Waals surface area contributed by atoms with Gasteiger partial charge in [-0.2, -0.15) is 18.3 Å². The van der Waals surface area contributed by atoms with Crippen LogP contribution in [0.25, 0.3) is 0 Å². The van der Waals surface area contributed by atoms with Crippen LogP contribution >= 0.6 is 0 Å². The van der Waals surface area contributed by atoms with Crippen LogP contribution in [0.2, 0.25) is 0 Å². The van der Waals surface area contributed by atoms with Crippen LogP contribution in [-0.2, 0) is 29.0 Å². The summed E-state index contributed by atoms with van der Waals surface area (Å²) in [6.07, 6.45) is -7.99. The lowest BCUT2D eigenvalue weighted by atomic mass is 9.89. The Bertz CT molecular complexity index is 681. The minimum absolute atomic E-state index is 0.200. The zero-order valence-electron chi connectivity index (χ0n) is 11.4. The first-order chi connectivity index (χ1) is 9.83. The minimum atomic E-state index is -5.02. The van der Waals surface area contributed by atoms with Gasteiger partial charge in [0.15, 0.2) is 5.69 Å². The Morgan fingerprint density at radius 2 is 2.00 bits per heavy atom. The molecule has 0 aromatic carbocycles. The predicted octanol–water partition coefficient (Wildman–Crippen LogP) is 1.56. The molecule has 0 fully saturated rings. The van der Waals surface area contributed by atoms with Gasteiger partial charge in [0.25, 0.3) is 5.92 Å². The fraction of sp³-hybridized carbons (Fsp3) is 0.727. The molecule has 126 valence electrons. The van der Waals surface area contributed by atoms with Gasteiger partial charge in [0.2, 0.25) is 0 Å². The van der Waals surface area contributed by atoms with Crippen LogP contribution in [0.3, 0.4) is 0 Å². The fourth-order valence-electron chi connectivity index (χ4n) is 2.34. The number of aryl methyl sites for hydroxylation is 1. The van der Waals surface area contributed by atoms with Gasteiger partial charge in [0, 0.05) is 23.9 Å². The van der Waals surface area contributed by atoms with Gasteiger partial charge < -0.3 is 5.11 Å². The minimum Gasteiger partial charge on any atom is -0.382 e. The summed E-state index contributed by atoms with van der Waals surface area (Å²) in [5.74, 6) is -4.16. The number of fused-ring (bicyclic) bond motifs is 1. The number of nitrogens with zero attached hydrogens (tertiary/aromatic N) is 2. The Morgan fingerprint density at radius 3 is 2.50 bits per heavy atom. The average Bonchev–Trinajstić information content (AvgIpc) is 2.70. The number of aliphatic hydroxyl groups is 1. The number of hydrogen-bond donors (Lipinski definition) is 1. The number of halogens is 5. The van der Waals surface area contributed by atoms with Crippen molar-refractivity contribution in [2.45, 2.75) is 37.6 Å². The second-order valence-electron chi connectivity index (χ2n) is 5.22. The van der Waals surface area contributed by atoms with E-state index in [1.165, 1.54) is 0 Å². The number of aliphatic hydroxyl groups excluding tert-OH is 1. The monoisotopic (exact) mass is 348 g/mol. The molecule has 0 aliphatic heterocycles. The third-order valence-corrected chi connectivity index (χ3v) is 4.33. The molecule has 0 unspecified atom stereocenters. The van der Waals surface area contributed by atoms with E-state index in [9.17, 15) is 35.5 Å². The molecule has 0 spiro atoms. The van der Waals surface area contributed by atoms with Gasteiger partial charge in [0.05, 0.1) is 12.3 Å². The van der Waals surface area contributed by atoms with Crippen LogP contribution in [0.5, 0.6) is 0 Å². The molecule has 1 aromatic rings. The molecule has 5 nitrogen and oxygen atoms in total. The van der Waals surface area contributed by atoms with Gasteiger partial charge >= 0.3 is 6.18 Å². The van der Waals surface area contributed by atoms with Crippen LogP contribution in [-0.4, -0.2) is 41.2 Å². The van der Waals surface area contributed by atoms with E-state index in [2.05, 4.69) is 5.10 Å². The predicted molar refractivity (Wildman–Crippen MR) is 65.2 cm³/mol.